The molecule has 2 heterocycles. The Bertz CT molecular complexity index is 1550. The van der Waals surface area contributed by atoms with Crippen LogP contribution in [0.25, 0.3) is 10.9 Å². The summed E-state index contributed by atoms with van der Waals surface area (Å²) >= 11 is 1.30. The van der Waals surface area contributed by atoms with Gasteiger partial charge in [0, 0.05) is 10.6 Å². The summed E-state index contributed by atoms with van der Waals surface area (Å²) in [6.07, 6.45) is -4.55. The highest BCUT2D eigenvalue weighted by molar-refractivity contribution is 7.99. The number of hydrogen-bond donors (Lipinski definition) is 2. The van der Waals surface area contributed by atoms with Gasteiger partial charge in [-0.15, -0.1) is 11.8 Å². The average molecular weight is 546 g/mol. The topological polar surface area (TPSA) is 121 Å². The Kier molecular flexibility index (Phi) is 6.92. The summed E-state index contributed by atoms with van der Waals surface area (Å²) in [5, 5.41) is 22.9. The highest BCUT2D eigenvalue weighted by Crippen LogP contribution is 2.43. The molecule has 1 amide bonds. The van der Waals surface area contributed by atoms with E-state index in [2.05, 4.69) is 5.32 Å². The fourth-order valence-electron chi connectivity index (χ4n) is 4.21. The number of nitriles is 1. The molecule has 3 aromatic rings. The number of carbonyl (C=O) groups excluding carboxylic acids is 2. The maximum Gasteiger partial charge on any atom is 0.416 e. The first-order valence-electron chi connectivity index (χ1n) is 11.4. The van der Waals surface area contributed by atoms with E-state index in [9.17, 15) is 37.9 Å². The second-order valence-electron chi connectivity index (χ2n) is 9.56. The van der Waals surface area contributed by atoms with Crippen LogP contribution in [-0.4, -0.2) is 39.4 Å². The van der Waals surface area contributed by atoms with Gasteiger partial charge in [-0.2, -0.15) is 18.4 Å². The molecule has 0 fully saturated rings. The second-order valence-corrected chi connectivity index (χ2v) is 10.6. The summed E-state index contributed by atoms with van der Waals surface area (Å²) in [5.41, 5.74) is -2.74. The molecule has 0 saturated heterocycles. The van der Waals surface area contributed by atoms with Gasteiger partial charge in [-0.25, -0.2) is 0 Å². The van der Waals surface area contributed by atoms with Crippen LogP contribution in [0.15, 0.2) is 46.1 Å². The third-order valence-corrected chi connectivity index (χ3v) is 6.90. The van der Waals surface area contributed by atoms with Crippen molar-refractivity contribution in [1.82, 2.24) is 9.88 Å². The van der Waals surface area contributed by atoms with Gasteiger partial charge >= 0.3 is 12.1 Å². The van der Waals surface area contributed by atoms with Crippen molar-refractivity contribution in [1.29, 1.82) is 5.26 Å². The summed E-state index contributed by atoms with van der Waals surface area (Å²) in [6.45, 7) is 4.33. The lowest BCUT2D eigenvalue weighted by Gasteiger charge is -2.29. The summed E-state index contributed by atoms with van der Waals surface area (Å²) in [7, 11) is 0. The number of alkyl halides is 3. The number of amides is 1. The Hall–Kier alpha value is -3.98. The van der Waals surface area contributed by atoms with E-state index in [1.54, 1.807) is 26.8 Å². The van der Waals surface area contributed by atoms with E-state index in [0.717, 1.165) is 12.1 Å². The largest absolute Gasteiger partial charge is 0.506 e. The molecule has 2 N–H and O–H groups in total. The molecule has 0 radical (unpaired) electrons. The fourth-order valence-corrected chi connectivity index (χ4v) is 5.39. The van der Waals surface area contributed by atoms with E-state index in [1.165, 1.54) is 34.5 Å². The van der Waals surface area contributed by atoms with E-state index < -0.39 is 58.7 Å². The van der Waals surface area contributed by atoms with Crippen molar-refractivity contribution in [3.8, 4) is 11.8 Å². The first-order chi connectivity index (χ1) is 17.7. The SMILES string of the molecule is CC(C)(C)OC(=O)CNC(=O)c1c(O)c2c(C#N)ccc3c2n(c1=O)C(c1ccc(C(F)(F)F)cc1)CS3. The quantitative estimate of drug-likeness (QED) is 0.467. The number of benzene rings is 2. The Morgan fingerprint density at radius 3 is 2.42 bits per heavy atom. The highest BCUT2D eigenvalue weighted by Gasteiger charge is 2.34. The summed E-state index contributed by atoms with van der Waals surface area (Å²) in [6, 6.07) is 8.48. The van der Waals surface area contributed by atoms with Gasteiger partial charge in [0.05, 0.1) is 34.1 Å². The molecule has 0 bridgehead atoms. The van der Waals surface area contributed by atoms with Crippen LogP contribution in [0.1, 0.15) is 53.9 Å². The molecule has 0 aliphatic carbocycles. The number of aromatic hydroxyl groups is 1. The molecular formula is C26H22F3N3O5S. The fraction of sp³-hybridized carbons (Fsp3) is 0.308. The summed E-state index contributed by atoms with van der Waals surface area (Å²) < 4.78 is 45.7. The maximum atomic E-state index is 13.7. The maximum absolute atomic E-state index is 13.7. The Morgan fingerprint density at radius 1 is 1.18 bits per heavy atom. The van der Waals surface area contributed by atoms with Crippen molar-refractivity contribution < 1.29 is 32.6 Å². The molecule has 0 spiro atoms. The van der Waals surface area contributed by atoms with E-state index in [1.807, 2.05) is 6.07 Å². The number of hydrogen-bond acceptors (Lipinski definition) is 7. The van der Waals surface area contributed by atoms with E-state index in [4.69, 9.17) is 4.74 Å². The van der Waals surface area contributed by atoms with Crippen LogP contribution in [0.4, 0.5) is 13.2 Å². The standard InChI is InChI=1S/C26H22F3N3O5S/c1-25(2,3)37-18(33)11-31-23(35)20-22(34)19-14(10-30)6-9-17-21(19)32(24(20)36)16(12-38-17)13-4-7-15(8-5-13)26(27,28)29/h4-9,16,34H,11-12H2,1-3H3,(H,31,35). The summed E-state index contributed by atoms with van der Waals surface area (Å²) in [4.78, 5) is 39.4. The zero-order valence-corrected chi connectivity index (χ0v) is 21.3. The lowest BCUT2D eigenvalue weighted by atomic mass is 10.0. The van der Waals surface area contributed by atoms with Crippen molar-refractivity contribution in [3.63, 3.8) is 0 Å². The predicted molar refractivity (Wildman–Crippen MR) is 133 cm³/mol. The molecular weight excluding hydrogens is 523 g/mol. The molecule has 1 unspecified atom stereocenters. The number of nitrogens with zero attached hydrogens (tertiary/aromatic N) is 2. The number of ether oxygens (including phenoxy) is 1. The number of esters is 1. The lowest BCUT2D eigenvalue weighted by Crippen LogP contribution is -2.39. The average Bonchev–Trinajstić information content (AvgIpc) is 2.83. The van der Waals surface area contributed by atoms with Crippen LogP contribution in [0, 0.1) is 11.3 Å². The Labute approximate surface area is 219 Å². The van der Waals surface area contributed by atoms with Crippen LogP contribution in [0.5, 0.6) is 5.75 Å². The van der Waals surface area contributed by atoms with Crippen molar-refractivity contribution in [3.05, 3.63) is 69.0 Å². The van der Waals surface area contributed by atoms with Crippen molar-refractivity contribution >= 4 is 34.5 Å². The van der Waals surface area contributed by atoms with Crippen LogP contribution in [-0.2, 0) is 15.7 Å². The number of rotatable bonds is 4. The molecule has 1 aromatic heterocycles. The first kappa shape index (κ1) is 27.1. The highest BCUT2D eigenvalue weighted by atomic mass is 32.2. The normalized spacial score (nSPS) is 15.1. The van der Waals surface area contributed by atoms with Gasteiger partial charge in [-0.3, -0.25) is 19.0 Å². The number of halogens is 3. The molecule has 1 atom stereocenters. The zero-order chi connectivity index (χ0) is 28.0. The van der Waals surface area contributed by atoms with Gasteiger partial charge in [0.2, 0.25) is 0 Å². The molecule has 4 rings (SSSR count). The minimum Gasteiger partial charge on any atom is -0.506 e. The lowest BCUT2D eigenvalue weighted by molar-refractivity contribution is -0.153. The summed E-state index contributed by atoms with van der Waals surface area (Å²) in [5.74, 6) is -2.33. The van der Waals surface area contributed by atoms with Crippen molar-refractivity contribution in [2.24, 2.45) is 0 Å². The molecule has 12 heteroatoms. The van der Waals surface area contributed by atoms with E-state index >= 15 is 0 Å². The predicted octanol–water partition coefficient (Wildman–Crippen LogP) is 4.36. The third-order valence-electron chi connectivity index (χ3n) is 5.78. The molecule has 38 heavy (non-hydrogen) atoms. The molecule has 0 saturated carbocycles. The van der Waals surface area contributed by atoms with Crippen molar-refractivity contribution in [2.45, 2.75) is 43.5 Å². The van der Waals surface area contributed by atoms with Gasteiger partial charge in [0.25, 0.3) is 11.5 Å². The van der Waals surface area contributed by atoms with Crippen LogP contribution in [0.2, 0.25) is 0 Å². The Morgan fingerprint density at radius 2 is 1.84 bits per heavy atom. The van der Waals surface area contributed by atoms with Gasteiger partial charge in [-0.1, -0.05) is 12.1 Å². The number of pyridine rings is 1. The van der Waals surface area contributed by atoms with E-state index in [-0.39, 0.29) is 22.2 Å². The van der Waals surface area contributed by atoms with Crippen LogP contribution in [0.3, 0.4) is 0 Å². The number of nitrogens with one attached hydrogen (secondary N) is 1. The smallest absolute Gasteiger partial charge is 0.416 e. The monoisotopic (exact) mass is 545 g/mol. The molecule has 198 valence electrons. The minimum atomic E-state index is -4.55. The number of carbonyl (C=O) groups is 2. The van der Waals surface area contributed by atoms with E-state index in [0.29, 0.717) is 10.5 Å². The zero-order valence-electron chi connectivity index (χ0n) is 20.5. The minimum absolute atomic E-state index is 0.00939. The van der Waals surface area contributed by atoms with Gasteiger partial charge < -0.3 is 15.2 Å². The molecule has 8 nitrogen and oxygen atoms in total. The van der Waals surface area contributed by atoms with Crippen LogP contribution < -0.4 is 10.9 Å². The Balaban J connectivity index is 1.87. The third kappa shape index (κ3) is 5.06. The first-order valence-corrected chi connectivity index (χ1v) is 12.4. The molecule has 1 aliphatic heterocycles. The van der Waals surface area contributed by atoms with Crippen molar-refractivity contribution in [2.75, 3.05) is 12.3 Å². The van der Waals surface area contributed by atoms with Gasteiger partial charge in [-0.05, 0) is 50.6 Å². The number of thioether (sulfide) groups is 1. The van der Waals surface area contributed by atoms with Gasteiger partial charge in [0.1, 0.15) is 23.5 Å². The molecule has 1 aliphatic rings. The van der Waals surface area contributed by atoms with Crippen LogP contribution >= 0.6 is 11.8 Å². The number of aromatic nitrogens is 1. The second kappa shape index (κ2) is 9.72. The van der Waals surface area contributed by atoms with Gasteiger partial charge in [0.15, 0.2) is 0 Å². The molecule has 2 aromatic carbocycles.